The molecule has 0 saturated carbocycles. The van der Waals surface area contributed by atoms with Gasteiger partial charge in [0, 0.05) is 10.5 Å². The lowest BCUT2D eigenvalue weighted by molar-refractivity contribution is 0.454. The van der Waals surface area contributed by atoms with Crippen LogP contribution in [0.25, 0.3) is 23.3 Å². The van der Waals surface area contributed by atoms with Crippen molar-refractivity contribution in [3.05, 3.63) is 71.8 Å². The lowest BCUT2D eigenvalue weighted by atomic mass is 10.0. The number of nitrogens with two attached hydrogens (primary N) is 1. The first-order chi connectivity index (χ1) is 11.5. The third kappa shape index (κ3) is 3.39. The van der Waals surface area contributed by atoms with E-state index in [-0.39, 0.29) is 17.2 Å². The van der Waals surface area contributed by atoms with Gasteiger partial charge in [-0.05, 0) is 41.0 Å². The Hall–Kier alpha value is -2.85. The van der Waals surface area contributed by atoms with Gasteiger partial charge in [0.2, 0.25) is 0 Å². The summed E-state index contributed by atoms with van der Waals surface area (Å²) in [6.45, 7) is 0. The summed E-state index contributed by atoms with van der Waals surface area (Å²) < 4.78 is 0. The van der Waals surface area contributed by atoms with Crippen LogP contribution in [-0.4, -0.2) is 10.2 Å². The van der Waals surface area contributed by atoms with Gasteiger partial charge >= 0.3 is 0 Å². The van der Waals surface area contributed by atoms with Gasteiger partial charge < -0.3 is 15.9 Å². The Morgan fingerprint density at radius 2 is 1.33 bits per heavy atom. The van der Waals surface area contributed by atoms with Crippen molar-refractivity contribution in [1.82, 2.24) is 0 Å². The second-order valence-electron chi connectivity index (χ2n) is 5.44. The van der Waals surface area contributed by atoms with E-state index >= 15 is 0 Å². The van der Waals surface area contributed by atoms with E-state index in [1.165, 1.54) is 6.07 Å². The highest BCUT2D eigenvalue weighted by atomic mass is 32.1. The predicted octanol–water partition coefficient (Wildman–Crippen LogP) is 4.81. The first-order valence-corrected chi connectivity index (χ1v) is 7.87. The van der Waals surface area contributed by atoms with Crippen LogP contribution in [0.5, 0.6) is 11.5 Å². The number of benzene rings is 3. The van der Waals surface area contributed by atoms with Gasteiger partial charge in [0.05, 0.1) is 0 Å². The van der Waals surface area contributed by atoms with Crippen molar-refractivity contribution in [3.8, 4) is 22.6 Å². The number of hydrogen-bond acceptors (Lipinski definition) is 4. The second-order valence-corrected chi connectivity index (χ2v) is 5.95. The fourth-order valence-electron chi connectivity index (χ4n) is 2.38. The van der Waals surface area contributed by atoms with Gasteiger partial charge in [-0.15, -0.1) is 12.6 Å². The van der Waals surface area contributed by atoms with Gasteiger partial charge in [0.1, 0.15) is 17.2 Å². The molecule has 0 atom stereocenters. The molecular weight excluding hydrogens is 318 g/mol. The second kappa shape index (κ2) is 6.72. The highest BCUT2D eigenvalue weighted by molar-refractivity contribution is 7.80. The molecule has 0 aliphatic carbocycles. The maximum absolute atomic E-state index is 9.93. The van der Waals surface area contributed by atoms with Crippen molar-refractivity contribution < 1.29 is 10.2 Å². The Balaban J connectivity index is 1.81. The van der Waals surface area contributed by atoms with Gasteiger partial charge in [-0.25, -0.2) is 0 Å². The van der Waals surface area contributed by atoms with Gasteiger partial charge in [-0.1, -0.05) is 48.6 Å². The molecule has 3 aromatic rings. The molecule has 3 aromatic carbocycles. The minimum atomic E-state index is -0.124. The van der Waals surface area contributed by atoms with Crippen LogP contribution in [0.15, 0.2) is 65.6 Å². The Kier molecular flexibility index (Phi) is 4.49. The molecule has 0 fully saturated rings. The molecule has 0 spiro atoms. The Bertz CT molecular complexity index is 885. The van der Waals surface area contributed by atoms with Crippen molar-refractivity contribution >= 4 is 30.5 Å². The average molecular weight is 335 g/mol. The zero-order chi connectivity index (χ0) is 17.1. The van der Waals surface area contributed by atoms with E-state index in [2.05, 4.69) is 12.6 Å². The van der Waals surface area contributed by atoms with Crippen LogP contribution in [-0.2, 0) is 0 Å². The van der Waals surface area contributed by atoms with Crippen molar-refractivity contribution in [2.45, 2.75) is 4.90 Å². The largest absolute Gasteiger partial charge is 0.506 e. The van der Waals surface area contributed by atoms with Gasteiger partial charge in [0.15, 0.2) is 0 Å². The highest BCUT2D eigenvalue weighted by Gasteiger charge is 2.06. The Labute approximate surface area is 146 Å². The molecule has 3 nitrogen and oxygen atoms in total. The molecule has 4 heteroatoms. The molecule has 0 aromatic heterocycles. The number of hydrogen-bond donors (Lipinski definition) is 4. The molecule has 120 valence electrons. The van der Waals surface area contributed by atoms with Crippen LogP contribution in [0.1, 0.15) is 11.1 Å². The summed E-state index contributed by atoms with van der Waals surface area (Å²) >= 11 is 4.29. The van der Waals surface area contributed by atoms with Crippen molar-refractivity contribution in [3.63, 3.8) is 0 Å². The minimum absolute atomic E-state index is 0.0138. The molecule has 0 radical (unpaired) electrons. The molecule has 0 aliphatic heterocycles. The third-order valence-electron chi connectivity index (χ3n) is 3.79. The van der Waals surface area contributed by atoms with Crippen LogP contribution in [0.2, 0.25) is 0 Å². The fraction of sp³-hybridized carbons (Fsp3) is 0. The van der Waals surface area contributed by atoms with Crippen LogP contribution in [0.4, 0.5) is 5.69 Å². The zero-order valence-electron chi connectivity index (χ0n) is 12.8. The monoisotopic (exact) mass is 335 g/mol. The number of thiol groups is 1. The number of phenolic OH excluding ortho intramolecular Hbond substituents is 2. The number of phenols is 2. The van der Waals surface area contributed by atoms with E-state index < -0.39 is 0 Å². The van der Waals surface area contributed by atoms with E-state index in [1.807, 2.05) is 54.6 Å². The quantitative estimate of drug-likeness (QED) is 0.240. The Morgan fingerprint density at radius 3 is 1.96 bits per heavy atom. The summed E-state index contributed by atoms with van der Waals surface area (Å²) in [5.74, 6) is -0.240. The molecule has 0 unspecified atom stereocenters. The third-order valence-corrected chi connectivity index (χ3v) is 4.09. The van der Waals surface area contributed by atoms with Crippen LogP contribution in [0, 0.1) is 0 Å². The van der Waals surface area contributed by atoms with E-state index in [4.69, 9.17) is 5.73 Å². The summed E-state index contributed by atoms with van der Waals surface area (Å²) in [5, 5.41) is 19.4. The standard InChI is InChI=1S/C20H17NO2S/c21-19-18(22)12-9-16(20(19)23)6-3-13-1-4-14(5-2-13)15-7-10-17(24)11-8-15/h1-12,22-24H,21H2/b6-3+. The van der Waals surface area contributed by atoms with E-state index in [0.29, 0.717) is 5.56 Å². The molecule has 24 heavy (non-hydrogen) atoms. The SMILES string of the molecule is Nc1c(O)ccc(/C=C/c2ccc(-c3ccc(S)cc3)cc2)c1O. The van der Waals surface area contributed by atoms with E-state index in [9.17, 15) is 10.2 Å². The van der Waals surface area contributed by atoms with Gasteiger partial charge in [-0.3, -0.25) is 0 Å². The molecule has 4 N–H and O–H groups in total. The molecule has 3 rings (SSSR count). The number of anilines is 1. The van der Waals surface area contributed by atoms with Crippen molar-refractivity contribution in [1.29, 1.82) is 0 Å². The van der Waals surface area contributed by atoms with Crippen LogP contribution < -0.4 is 5.73 Å². The first kappa shape index (κ1) is 16.0. The van der Waals surface area contributed by atoms with Gasteiger partial charge in [0.25, 0.3) is 0 Å². The zero-order valence-corrected chi connectivity index (χ0v) is 13.7. The van der Waals surface area contributed by atoms with E-state index in [0.717, 1.165) is 21.6 Å². The normalized spacial score (nSPS) is 11.0. The molecule has 0 heterocycles. The Morgan fingerprint density at radius 1 is 0.750 bits per heavy atom. The summed E-state index contributed by atoms with van der Waals surface area (Å²) in [6.07, 6.45) is 3.64. The van der Waals surface area contributed by atoms with Crippen molar-refractivity contribution in [2.24, 2.45) is 0 Å². The predicted molar refractivity (Wildman–Crippen MR) is 102 cm³/mol. The maximum Gasteiger partial charge on any atom is 0.149 e. The molecule has 0 aliphatic rings. The number of rotatable bonds is 3. The lowest BCUT2D eigenvalue weighted by Crippen LogP contribution is -1.88. The average Bonchev–Trinajstić information content (AvgIpc) is 2.60. The molecule has 0 bridgehead atoms. The molecule has 0 amide bonds. The summed E-state index contributed by atoms with van der Waals surface area (Å²) in [4.78, 5) is 0.936. The summed E-state index contributed by atoms with van der Waals surface area (Å²) in [7, 11) is 0. The summed E-state index contributed by atoms with van der Waals surface area (Å²) in [6, 6.07) is 19.1. The molecular formula is C20H17NO2S. The minimum Gasteiger partial charge on any atom is -0.506 e. The topological polar surface area (TPSA) is 66.5 Å². The van der Waals surface area contributed by atoms with E-state index in [1.54, 1.807) is 12.1 Å². The number of nitrogen functional groups attached to an aromatic ring is 1. The van der Waals surface area contributed by atoms with Crippen LogP contribution >= 0.6 is 12.6 Å². The maximum atomic E-state index is 9.93. The fourth-order valence-corrected chi connectivity index (χ4v) is 2.52. The summed E-state index contributed by atoms with van der Waals surface area (Å²) in [5.41, 5.74) is 9.40. The highest BCUT2D eigenvalue weighted by Crippen LogP contribution is 2.34. The van der Waals surface area contributed by atoms with Gasteiger partial charge in [-0.2, -0.15) is 0 Å². The number of aromatic hydroxyl groups is 2. The first-order valence-electron chi connectivity index (χ1n) is 7.42. The van der Waals surface area contributed by atoms with Crippen molar-refractivity contribution in [2.75, 3.05) is 5.73 Å². The molecule has 0 saturated heterocycles. The smallest absolute Gasteiger partial charge is 0.149 e. The lowest BCUT2D eigenvalue weighted by Gasteiger charge is -2.05. The van der Waals surface area contributed by atoms with Crippen LogP contribution in [0.3, 0.4) is 0 Å².